The molecule has 19 heavy (non-hydrogen) atoms. The third kappa shape index (κ3) is 4.50. The molecule has 1 aromatic carbocycles. The van der Waals surface area contributed by atoms with Gasteiger partial charge in [0.1, 0.15) is 11.6 Å². The molecule has 1 fully saturated rings. The molecule has 1 aliphatic carbocycles. The van der Waals surface area contributed by atoms with Crippen molar-refractivity contribution in [3.63, 3.8) is 0 Å². The van der Waals surface area contributed by atoms with Crippen LogP contribution in [0, 0.1) is 17.6 Å². The lowest BCUT2D eigenvalue weighted by Crippen LogP contribution is -2.37. The molecule has 0 spiro atoms. The molecule has 0 saturated heterocycles. The minimum absolute atomic E-state index is 0.215. The number of nitrogens with one attached hydrogen (secondary N) is 2. The van der Waals surface area contributed by atoms with Gasteiger partial charge in [0.2, 0.25) is 0 Å². The molecule has 3 nitrogen and oxygen atoms in total. The number of aliphatic imine (C=N–C) groups is 1. The molecule has 5 heteroatoms. The summed E-state index contributed by atoms with van der Waals surface area (Å²) in [5, 5.41) is 6.15. The average molecular weight is 267 g/mol. The normalized spacial score (nSPS) is 15.4. The van der Waals surface area contributed by atoms with Crippen molar-refractivity contribution < 1.29 is 8.78 Å². The minimum atomic E-state index is -0.435. The van der Waals surface area contributed by atoms with Crippen molar-refractivity contribution >= 4 is 5.96 Å². The molecule has 1 saturated carbocycles. The summed E-state index contributed by atoms with van der Waals surface area (Å²) < 4.78 is 26.4. The second kappa shape index (κ2) is 6.50. The third-order valence-electron chi connectivity index (χ3n) is 3.22. The molecule has 0 aromatic heterocycles. The van der Waals surface area contributed by atoms with Crippen LogP contribution in [-0.2, 0) is 6.54 Å². The largest absolute Gasteiger partial charge is 0.356 e. The van der Waals surface area contributed by atoms with Gasteiger partial charge in [-0.2, -0.15) is 0 Å². The highest BCUT2D eigenvalue weighted by molar-refractivity contribution is 5.79. The Kier molecular flexibility index (Phi) is 4.71. The average Bonchev–Trinajstić information content (AvgIpc) is 3.21. The molecule has 0 aliphatic heterocycles. The fourth-order valence-electron chi connectivity index (χ4n) is 1.88. The number of halogens is 2. The van der Waals surface area contributed by atoms with Crippen molar-refractivity contribution in [2.45, 2.75) is 25.8 Å². The Balaban J connectivity index is 1.79. The van der Waals surface area contributed by atoms with Crippen LogP contribution in [0.4, 0.5) is 8.78 Å². The quantitative estimate of drug-likeness (QED) is 0.635. The Morgan fingerprint density at radius 3 is 2.79 bits per heavy atom. The Morgan fingerprint density at radius 1 is 1.32 bits per heavy atom. The summed E-state index contributed by atoms with van der Waals surface area (Å²) in [6.45, 7) is 1.07. The monoisotopic (exact) mass is 267 g/mol. The van der Waals surface area contributed by atoms with Crippen molar-refractivity contribution in [1.29, 1.82) is 0 Å². The van der Waals surface area contributed by atoms with E-state index in [0.29, 0.717) is 11.5 Å². The highest BCUT2D eigenvalue weighted by Gasteiger charge is 2.20. The summed E-state index contributed by atoms with van der Waals surface area (Å²) in [7, 11) is 1.66. The van der Waals surface area contributed by atoms with Crippen LogP contribution in [0.15, 0.2) is 23.2 Å². The molecule has 2 rings (SSSR count). The van der Waals surface area contributed by atoms with E-state index < -0.39 is 11.6 Å². The fraction of sp³-hybridized carbons (Fsp3) is 0.500. The molecule has 0 unspecified atom stereocenters. The number of hydrogen-bond donors (Lipinski definition) is 2. The summed E-state index contributed by atoms with van der Waals surface area (Å²) in [5.41, 5.74) is 0.296. The second-order valence-corrected chi connectivity index (χ2v) is 4.82. The lowest BCUT2D eigenvalue weighted by Gasteiger charge is -2.12. The number of rotatable bonds is 5. The van der Waals surface area contributed by atoms with Gasteiger partial charge < -0.3 is 10.6 Å². The molecular weight excluding hydrogens is 248 g/mol. The zero-order chi connectivity index (χ0) is 13.7. The predicted molar refractivity (Wildman–Crippen MR) is 71.9 cm³/mol. The summed E-state index contributed by atoms with van der Waals surface area (Å²) >= 11 is 0. The van der Waals surface area contributed by atoms with Crippen LogP contribution < -0.4 is 10.6 Å². The lowest BCUT2D eigenvalue weighted by atomic mass is 10.2. The van der Waals surface area contributed by atoms with E-state index in [2.05, 4.69) is 15.6 Å². The van der Waals surface area contributed by atoms with Crippen LogP contribution in [0.25, 0.3) is 0 Å². The molecule has 0 heterocycles. The van der Waals surface area contributed by atoms with Gasteiger partial charge in [-0.3, -0.25) is 4.99 Å². The van der Waals surface area contributed by atoms with Gasteiger partial charge in [0.05, 0.1) is 0 Å². The molecule has 0 amide bonds. The molecular formula is C14H19F2N3. The maximum absolute atomic E-state index is 13.4. The van der Waals surface area contributed by atoms with E-state index in [9.17, 15) is 8.78 Å². The Bertz CT molecular complexity index is 456. The first-order valence-corrected chi connectivity index (χ1v) is 6.57. The van der Waals surface area contributed by atoms with Crippen LogP contribution in [0.1, 0.15) is 24.8 Å². The molecule has 104 valence electrons. The fourth-order valence-corrected chi connectivity index (χ4v) is 1.88. The number of nitrogens with zero attached hydrogens (tertiary/aromatic N) is 1. The zero-order valence-corrected chi connectivity index (χ0v) is 11.0. The maximum Gasteiger partial charge on any atom is 0.191 e. The van der Waals surface area contributed by atoms with E-state index in [-0.39, 0.29) is 6.54 Å². The smallest absolute Gasteiger partial charge is 0.191 e. The van der Waals surface area contributed by atoms with Crippen LogP contribution in [0.3, 0.4) is 0 Å². The molecule has 1 aromatic rings. The summed E-state index contributed by atoms with van der Waals surface area (Å²) in [5.74, 6) is 0.618. The number of benzene rings is 1. The van der Waals surface area contributed by atoms with E-state index in [1.165, 1.54) is 18.9 Å². The third-order valence-corrected chi connectivity index (χ3v) is 3.22. The molecule has 1 aliphatic rings. The van der Waals surface area contributed by atoms with Gasteiger partial charge in [-0.05, 0) is 30.5 Å². The zero-order valence-electron chi connectivity index (χ0n) is 11.0. The van der Waals surface area contributed by atoms with Gasteiger partial charge in [-0.15, -0.1) is 0 Å². The van der Waals surface area contributed by atoms with Crippen LogP contribution >= 0.6 is 0 Å². The van der Waals surface area contributed by atoms with Crippen LogP contribution in [0.5, 0.6) is 0 Å². The lowest BCUT2D eigenvalue weighted by molar-refractivity contribution is 0.580. The number of guanidine groups is 1. The Morgan fingerprint density at radius 2 is 2.11 bits per heavy atom. The Labute approximate surface area is 112 Å². The summed E-state index contributed by atoms with van der Waals surface area (Å²) in [4.78, 5) is 4.05. The van der Waals surface area contributed by atoms with Crippen molar-refractivity contribution in [3.05, 3.63) is 35.4 Å². The van der Waals surface area contributed by atoms with E-state index in [1.807, 2.05) is 0 Å². The van der Waals surface area contributed by atoms with Gasteiger partial charge in [0, 0.05) is 25.7 Å². The summed E-state index contributed by atoms with van der Waals surface area (Å²) in [6, 6.07) is 3.44. The van der Waals surface area contributed by atoms with Gasteiger partial charge >= 0.3 is 0 Å². The van der Waals surface area contributed by atoms with Crippen molar-refractivity contribution in [3.8, 4) is 0 Å². The highest BCUT2D eigenvalue weighted by atomic mass is 19.1. The van der Waals surface area contributed by atoms with E-state index >= 15 is 0 Å². The SMILES string of the molecule is CN=C(NCCC1CC1)NCc1cc(F)ccc1F. The van der Waals surface area contributed by atoms with Crippen LogP contribution in [0.2, 0.25) is 0 Å². The Hall–Kier alpha value is -1.65. The van der Waals surface area contributed by atoms with Crippen molar-refractivity contribution in [1.82, 2.24) is 10.6 Å². The standard InChI is InChI=1S/C14H19F2N3/c1-17-14(18-7-6-10-2-3-10)19-9-11-8-12(15)4-5-13(11)16/h4-5,8,10H,2-3,6-7,9H2,1H3,(H2,17,18,19). The van der Waals surface area contributed by atoms with E-state index in [1.54, 1.807) is 7.05 Å². The highest BCUT2D eigenvalue weighted by Crippen LogP contribution is 2.31. The summed E-state index contributed by atoms with van der Waals surface area (Å²) in [6.07, 6.45) is 3.78. The van der Waals surface area contributed by atoms with Gasteiger partial charge in [0.25, 0.3) is 0 Å². The predicted octanol–water partition coefficient (Wildman–Crippen LogP) is 2.43. The van der Waals surface area contributed by atoms with E-state index in [0.717, 1.165) is 31.0 Å². The maximum atomic E-state index is 13.4. The molecule has 0 radical (unpaired) electrons. The van der Waals surface area contributed by atoms with Gasteiger partial charge in [-0.25, -0.2) is 8.78 Å². The second-order valence-electron chi connectivity index (χ2n) is 4.82. The van der Waals surface area contributed by atoms with Crippen molar-refractivity contribution in [2.24, 2.45) is 10.9 Å². The molecule has 0 atom stereocenters. The minimum Gasteiger partial charge on any atom is -0.356 e. The van der Waals surface area contributed by atoms with Gasteiger partial charge in [0.15, 0.2) is 5.96 Å². The van der Waals surface area contributed by atoms with Crippen molar-refractivity contribution in [2.75, 3.05) is 13.6 Å². The topological polar surface area (TPSA) is 36.4 Å². The van der Waals surface area contributed by atoms with Crippen LogP contribution in [-0.4, -0.2) is 19.6 Å². The number of hydrogen-bond acceptors (Lipinski definition) is 1. The van der Waals surface area contributed by atoms with E-state index in [4.69, 9.17) is 0 Å². The molecule has 2 N–H and O–H groups in total. The first-order valence-electron chi connectivity index (χ1n) is 6.57. The van der Waals surface area contributed by atoms with Gasteiger partial charge in [-0.1, -0.05) is 12.8 Å². The molecule has 0 bridgehead atoms. The first kappa shape index (κ1) is 13.8. The first-order chi connectivity index (χ1) is 9.19.